The van der Waals surface area contributed by atoms with Gasteiger partial charge in [-0.05, 0) is 55.0 Å². The number of aromatic nitrogens is 1. The van der Waals surface area contributed by atoms with Crippen molar-refractivity contribution in [3.8, 4) is 0 Å². The van der Waals surface area contributed by atoms with Crippen LogP contribution in [-0.4, -0.2) is 59.3 Å². The molecule has 232 valence electrons. The number of H-pyrrole nitrogens is 1. The van der Waals surface area contributed by atoms with Crippen LogP contribution in [0, 0.1) is 17.7 Å². The quantitative estimate of drug-likeness (QED) is 0.175. The lowest BCUT2D eigenvalue weighted by Gasteiger charge is -2.29. The van der Waals surface area contributed by atoms with E-state index in [1.165, 1.54) is 18.2 Å². The summed E-state index contributed by atoms with van der Waals surface area (Å²) in [4.78, 5) is 63.9. The van der Waals surface area contributed by atoms with E-state index in [4.69, 9.17) is 0 Å². The van der Waals surface area contributed by atoms with E-state index in [0.717, 1.165) is 10.9 Å². The molecule has 0 unspecified atom stereocenters. The first-order valence-corrected chi connectivity index (χ1v) is 14.6. The molecule has 11 heteroatoms. The molecule has 5 N–H and O–H groups in total. The third kappa shape index (κ3) is 8.36. The van der Waals surface area contributed by atoms with E-state index in [1.807, 2.05) is 55.9 Å². The SMILES string of the molecule is CC(C)[C@H](NC(=O)c1cc2ccccc2[nH]1)C(=C=O)N[C@@H](Cc1ccc(F)cc1)C(=C=O)N[C@H](C=C=O)C[C@@H]1CCNC1=C=O. The molecule has 1 saturated heterocycles. The van der Waals surface area contributed by atoms with Crippen LogP contribution in [0.15, 0.2) is 77.8 Å². The van der Waals surface area contributed by atoms with Gasteiger partial charge in [0.05, 0.1) is 23.8 Å². The lowest BCUT2D eigenvalue weighted by atomic mass is 9.95. The van der Waals surface area contributed by atoms with Gasteiger partial charge < -0.3 is 26.3 Å². The molecule has 1 aliphatic heterocycles. The van der Waals surface area contributed by atoms with Gasteiger partial charge in [-0.2, -0.15) is 0 Å². The molecule has 45 heavy (non-hydrogen) atoms. The zero-order chi connectivity index (χ0) is 32.3. The Morgan fingerprint density at radius 1 is 1.00 bits per heavy atom. The van der Waals surface area contributed by atoms with Crippen LogP contribution in [0.25, 0.3) is 10.9 Å². The van der Waals surface area contributed by atoms with Crippen LogP contribution in [0.2, 0.25) is 0 Å². The van der Waals surface area contributed by atoms with Gasteiger partial charge >= 0.3 is 0 Å². The maximum Gasteiger partial charge on any atom is 0.268 e. The molecule has 0 spiro atoms. The van der Waals surface area contributed by atoms with E-state index in [1.54, 1.807) is 24.1 Å². The van der Waals surface area contributed by atoms with Crippen molar-refractivity contribution in [2.24, 2.45) is 11.8 Å². The van der Waals surface area contributed by atoms with Crippen molar-refractivity contribution in [3.05, 3.63) is 94.8 Å². The second kappa shape index (κ2) is 15.3. The van der Waals surface area contributed by atoms with Gasteiger partial charge in [-0.25, -0.2) is 23.6 Å². The van der Waals surface area contributed by atoms with Crippen LogP contribution in [-0.2, 0) is 25.6 Å². The first-order valence-electron chi connectivity index (χ1n) is 14.6. The second-order valence-electron chi connectivity index (χ2n) is 11.2. The molecule has 4 rings (SSSR count). The molecule has 0 radical (unpaired) electrons. The highest BCUT2D eigenvalue weighted by molar-refractivity contribution is 5.98. The number of benzene rings is 2. The minimum atomic E-state index is -0.930. The Hall–Kier alpha value is -5.42. The van der Waals surface area contributed by atoms with Crippen LogP contribution in [0.1, 0.15) is 42.7 Å². The van der Waals surface area contributed by atoms with Crippen molar-refractivity contribution in [2.75, 3.05) is 6.54 Å². The number of nitrogens with one attached hydrogen (secondary N) is 5. The van der Waals surface area contributed by atoms with Crippen molar-refractivity contribution in [1.29, 1.82) is 0 Å². The molecule has 0 saturated carbocycles. The van der Waals surface area contributed by atoms with Crippen LogP contribution in [0.3, 0.4) is 0 Å². The van der Waals surface area contributed by atoms with Gasteiger partial charge in [0.15, 0.2) is 0 Å². The topological polar surface area (TPSA) is 149 Å². The number of hydrogen-bond acceptors (Lipinski definition) is 8. The minimum absolute atomic E-state index is 0.0234. The average Bonchev–Trinajstić information content (AvgIpc) is 3.68. The van der Waals surface area contributed by atoms with Gasteiger partial charge in [0.1, 0.15) is 46.7 Å². The molecule has 10 nitrogen and oxygen atoms in total. The van der Waals surface area contributed by atoms with E-state index in [9.17, 15) is 28.4 Å². The van der Waals surface area contributed by atoms with E-state index >= 15 is 0 Å². The molecule has 1 amide bonds. The minimum Gasteiger partial charge on any atom is -0.379 e. The third-order valence-electron chi connectivity index (χ3n) is 7.77. The number of allylic oxidation sites excluding steroid dienone is 1. The van der Waals surface area contributed by atoms with Gasteiger partial charge in [-0.3, -0.25) is 4.79 Å². The molecule has 0 bridgehead atoms. The molecular formula is C34H34FN5O5. The summed E-state index contributed by atoms with van der Waals surface area (Å²) in [7, 11) is 0. The highest BCUT2D eigenvalue weighted by Crippen LogP contribution is 2.24. The molecule has 1 fully saturated rings. The predicted octanol–water partition coefficient (Wildman–Crippen LogP) is 2.75. The Morgan fingerprint density at radius 2 is 1.73 bits per heavy atom. The summed E-state index contributed by atoms with van der Waals surface area (Å²) in [5.74, 6) is 6.02. The maximum atomic E-state index is 13.7. The lowest BCUT2D eigenvalue weighted by Crippen LogP contribution is -2.49. The number of carbonyl (C=O) groups is 1. The number of halogens is 1. The number of carbonyl (C=O) groups excluding carboxylic acids is 5. The molecular weight excluding hydrogens is 577 g/mol. The van der Waals surface area contributed by atoms with E-state index in [2.05, 4.69) is 26.3 Å². The normalized spacial score (nSPS) is 15.8. The van der Waals surface area contributed by atoms with Crippen molar-refractivity contribution in [1.82, 2.24) is 26.3 Å². The summed E-state index contributed by atoms with van der Waals surface area (Å²) < 4.78 is 13.7. The van der Waals surface area contributed by atoms with Crippen LogP contribution in [0.4, 0.5) is 4.39 Å². The smallest absolute Gasteiger partial charge is 0.268 e. The van der Waals surface area contributed by atoms with Crippen molar-refractivity contribution >= 4 is 40.6 Å². The zero-order valence-electron chi connectivity index (χ0n) is 24.9. The summed E-state index contributed by atoms with van der Waals surface area (Å²) in [6.07, 6.45) is 2.23. The van der Waals surface area contributed by atoms with Crippen LogP contribution >= 0.6 is 0 Å². The van der Waals surface area contributed by atoms with Gasteiger partial charge in [0, 0.05) is 29.4 Å². The summed E-state index contributed by atoms with van der Waals surface area (Å²) in [5.41, 5.74) is 2.04. The third-order valence-corrected chi connectivity index (χ3v) is 7.77. The maximum absolute atomic E-state index is 13.7. The first-order chi connectivity index (χ1) is 21.8. The van der Waals surface area contributed by atoms with E-state index in [0.29, 0.717) is 29.9 Å². The van der Waals surface area contributed by atoms with Gasteiger partial charge in [-0.1, -0.05) is 44.2 Å². The summed E-state index contributed by atoms with van der Waals surface area (Å²) >= 11 is 0. The highest BCUT2D eigenvalue weighted by Gasteiger charge is 2.30. The molecule has 4 atom stereocenters. The van der Waals surface area contributed by atoms with Gasteiger partial charge in [0.25, 0.3) is 5.91 Å². The number of hydrogen-bond donors (Lipinski definition) is 5. The fourth-order valence-electron chi connectivity index (χ4n) is 5.42. The van der Waals surface area contributed by atoms with Gasteiger partial charge in [-0.15, -0.1) is 0 Å². The average molecular weight is 612 g/mol. The Balaban J connectivity index is 1.61. The fraction of sp³-hybridized carbons (Fsp3) is 0.324. The summed E-state index contributed by atoms with van der Waals surface area (Å²) in [5, 5.41) is 12.8. The van der Waals surface area contributed by atoms with E-state index < -0.39 is 29.8 Å². The van der Waals surface area contributed by atoms with Crippen molar-refractivity contribution in [2.45, 2.75) is 51.2 Å². The Bertz CT molecular complexity index is 1690. The number of para-hydroxylation sites is 1. The monoisotopic (exact) mass is 611 g/mol. The Morgan fingerprint density at radius 3 is 2.38 bits per heavy atom. The number of rotatable bonds is 14. The summed E-state index contributed by atoms with van der Waals surface area (Å²) in [6, 6.07) is 12.3. The molecule has 2 aromatic carbocycles. The first kappa shape index (κ1) is 32.5. The molecule has 0 aliphatic carbocycles. The Kier molecular flexibility index (Phi) is 11.1. The Labute approximate surface area is 259 Å². The number of fused-ring (bicyclic) bond motifs is 1. The van der Waals surface area contributed by atoms with Crippen molar-refractivity contribution < 1.29 is 28.4 Å². The van der Waals surface area contributed by atoms with Crippen molar-refractivity contribution in [3.63, 3.8) is 0 Å². The van der Waals surface area contributed by atoms with Crippen LogP contribution in [0.5, 0.6) is 0 Å². The molecule has 3 aromatic rings. The fourth-order valence-corrected chi connectivity index (χ4v) is 5.42. The lowest BCUT2D eigenvalue weighted by molar-refractivity contribution is 0.0928. The van der Waals surface area contributed by atoms with Gasteiger partial charge in [0.2, 0.25) is 0 Å². The number of amides is 1. The number of aromatic amines is 1. The summed E-state index contributed by atoms with van der Waals surface area (Å²) in [6.45, 7) is 4.21. The molecule has 2 heterocycles. The predicted molar refractivity (Wildman–Crippen MR) is 167 cm³/mol. The standard InChI is InChI=1S/C34H34FN5O5/c1-21(2)33(40-34(45)29-17-23-5-3-4-6-27(23)38-29)32(20-44)39-28(15-22-7-9-25(35)10-8-22)31(19-43)37-26(12-14-41)16-24-11-13-36-30(24)18-42/h3-10,12,17,21,24,26,28,33,36-39H,11,13,15-16H2,1-2H3,(H,40,45)/t24-,26+,28-,33-/m0/s1. The molecule has 1 aliphatic rings. The largest absolute Gasteiger partial charge is 0.379 e. The van der Waals surface area contributed by atoms with E-state index in [-0.39, 0.29) is 36.1 Å². The second-order valence-corrected chi connectivity index (χ2v) is 11.2. The van der Waals surface area contributed by atoms with Crippen LogP contribution < -0.4 is 21.3 Å². The highest BCUT2D eigenvalue weighted by atomic mass is 19.1. The molecule has 1 aromatic heterocycles. The zero-order valence-corrected chi connectivity index (χ0v) is 24.9.